The molecule has 0 aliphatic carbocycles. The van der Waals surface area contributed by atoms with Gasteiger partial charge in [-0.1, -0.05) is 18.2 Å². The average molecular weight is 221 g/mol. The summed E-state index contributed by atoms with van der Waals surface area (Å²) in [5, 5.41) is 3.27. The highest BCUT2D eigenvalue weighted by molar-refractivity contribution is 5.76. The maximum absolute atomic E-state index is 11.5. The Kier molecular flexibility index (Phi) is 3.93. The Morgan fingerprint density at radius 1 is 1.38 bits per heavy atom. The summed E-state index contributed by atoms with van der Waals surface area (Å²) in [7, 11) is 1.41. The Morgan fingerprint density at radius 2 is 2.00 bits per heavy atom. The zero-order chi connectivity index (χ0) is 12.2. The summed E-state index contributed by atoms with van der Waals surface area (Å²) in [6, 6.07) is 8.00. The first-order chi connectivity index (χ1) is 7.47. The predicted molar refractivity (Wildman–Crippen MR) is 65.5 cm³/mol. The van der Waals surface area contributed by atoms with Crippen molar-refractivity contribution in [3.63, 3.8) is 0 Å². The topological polar surface area (TPSA) is 38.3 Å². The number of hydrogen-bond donors (Lipinski definition) is 1. The number of esters is 1. The minimum Gasteiger partial charge on any atom is -0.469 e. The van der Waals surface area contributed by atoms with Crippen molar-refractivity contribution in [1.29, 1.82) is 0 Å². The summed E-state index contributed by atoms with van der Waals surface area (Å²) >= 11 is 0. The van der Waals surface area contributed by atoms with Crippen molar-refractivity contribution in [2.24, 2.45) is 5.41 Å². The van der Waals surface area contributed by atoms with Crippen molar-refractivity contribution < 1.29 is 9.53 Å². The summed E-state index contributed by atoms with van der Waals surface area (Å²) in [6.07, 6.45) is 0. The first-order valence-corrected chi connectivity index (χ1v) is 5.35. The number of aryl methyl sites for hydroxylation is 1. The van der Waals surface area contributed by atoms with Crippen molar-refractivity contribution in [3.8, 4) is 0 Å². The van der Waals surface area contributed by atoms with E-state index in [0.717, 1.165) is 5.69 Å². The molecule has 0 aliphatic rings. The Hall–Kier alpha value is -1.51. The van der Waals surface area contributed by atoms with Gasteiger partial charge in [0.2, 0.25) is 0 Å². The fourth-order valence-electron chi connectivity index (χ4n) is 1.44. The highest BCUT2D eigenvalue weighted by atomic mass is 16.5. The third kappa shape index (κ3) is 2.99. The van der Waals surface area contributed by atoms with Gasteiger partial charge in [-0.15, -0.1) is 0 Å². The number of methoxy groups -OCH3 is 1. The zero-order valence-electron chi connectivity index (χ0n) is 10.3. The maximum Gasteiger partial charge on any atom is 0.313 e. The average Bonchev–Trinajstić information content (AvgIpc) is 2.27. The fraction of sp³-hybridized carbons (Fsp3) is 0.462. The molecule has 0 fully saturated rings. The molecule has 0 aromatic heterocycles. The van der Waals surface area contributed by atoms with Crippen LogP contribution >= 0.6 is 0 Å². The van der Waals surface area contributed by atoms with E-state index in [1.165, 1.54) is 12.7 Å². The molecule has 1 aromatic carbocycles. The quantitative estimate of drug-likeness (QED) is 0.794. The molecular formula is C13H19NO2. The molecule has 0 spiro atoms. The number of benzene rings is 1. The van der Waals surface area contributed by atoms with Crippen LogP contribution in [0.2, 0.25) is 0 Å². The van der Waals surface area contributed by atoms with Crippen molar-refractivity contribution in [3.05, 3.63) is 29.8 Å². The van der Waals surface area contributed by atoms with Crippen LogP contribution < -0.4 is 5.32 Å². The number of carbonyl (C=O) groups excluding carboxylic acids is 1. The third-order valence-electron chi connectivity index (χ3n) is 2.60. The largest absolute Gasteiger partial charge is 0.469 e. The Morgan fingerprint density at radius 3 is 2.56 bits per heavy atom. The molecule has 1 N–H and O–H groups in total. The van der Waals surface area contributed by atoms with E-state index >= 15 is 0 Å². The van der Waals surface area contributed by atoms with Gasteiger partial charge in [-0.3, -0.25) is 4.79 Å². The van der Waals surface area contributed by atoms with Crippen LogP contribution in [0, 0.1) is 12.3 Å². The molecule has 0 aliphatic heterocycles. The molecule has 0 saturated carbocycles. The summed E-state index contributed by atoms with van der Waals surface area (Å²) < 4.78 is 4.75. The van der Waals surface area contributed by atoms with Crippen molar-refractivity contribution in [1.82, 2.24) is 0 Å². The number of rotatable bonds is 4. The summed E-state index contributed by atoms with van der Waals surface area (Å²) in [4.78, 5) is 11.5. The predicted octanol–water partition coefficient (Wildman–Crippen LogP) is 2.61. The van der Waals surface area contributed by atoms with Gasteiger partial charge in [0.25, 0.3) is 0 Å². The second-order valence-corrected chi connectivity index (χ2v) is 4.54. The molecule has 16 heavy (non-hydrogen) atoms. The van der Waals surface area contributed by atoms with Gasteiger partial charge in [0, 0.05) is 12.2 Å². The van der Waals surface area contributed by atoms with Crippen LogP contribution in [0.3, 0.4) is 0 Å². The van der Waals surface area contributed by atoms with Crippen LogP contribution in [-0.2, 0) is 9.53 Å². The van der Waals surface area contributed by atoms with Crippen LogP contribution in [0.5, 0.6) is 0 Å². The van der Waals surface area contributed by atoms with Gasteiger partial charge in [-0.2, -0.15) is 0 Å². The van der Waals surface area contributed by atoms with E-state index in [1.54, 1.807) is 0 Å². The summed E-state index contributed by atoms with van der Waals surface area (Å²) in [5.74, 6) is -0.200. The molecule has 1 rings (SSSR count). The van der Waals surface area contributed by atoms with Gasteiger partial charge in [0.1, 0.15) is 0 Å². The maximum atomic E-state index is 11.5. The smallest absolute Gasteiger partial charge is 0.313 e. The monoisotopic (exact) mass is 221 g/mol. The van der Waals surface area contributed by atoms with E-state index < -0.39 is 5.41 Å². The van der Waals surface area contributed by atoms with E-state index in [9.17, 15) is 4.79 Å². The second-order valence-electron chi connectivity index (χ2n) is 4.54. The molecule has 3 nitrogen and oxygen atoms in total. The van der Waals surface area contributed by atoms with Crippen LogP contribution in [0.4, 0.5) is 5.69 Å². The fourth-order valence-corrected chi connectivity index (χ4v) is 1.44. The van der Waals surface area contributed by atoms with E-state index in [2.05, 4.69) is 5.32 Å². The van der Waals surface area contributed by atoms with Gasteiger partial charge >= 0.3 is 5.97 Å². The van der Waals surface area contributed by atoms with Crippen molar-refractivity contribution in [2.75, 3.05) is 19.0 Å². The molecule has 0 amide bonds. The Labute approximate surface area is 96.8 Å². The van der Waals surface area contributed by atoms with Gasteiger partial charge in [0.15, 0.2) is 0 Å². The third-order valence-corrected chi connectivity index (χ3v) is 2.60. The molecule has 0 unspecified atom stereocenters. The zero-order valence-corrected chi connectivity index (χ0v) is 10.3. The number of ether oxygens (including phenoxy) is 1. The standard InChI is InChI=1S/C13H19NO2/c1-10-7-5-6-8-11(10)14-9-13(2,3)12(15)16-4/h5-8,14H,9H2,1-4H3. The minimum absolute atomic E-state index is 0.200. The van der Waals surface area contributed by atoms with Crippen molar-refractivity contribution in [2.45, 2.75) is 20.8 Å². The lowest BCUT2D eigenvalue weighted by molar-refractivity contribution is -0.149. The number of hydrogen-bond acceptors (Lipinski definition) is 3. The molecule has 0 bridgehead atoms. The lowest BCUT2D eigenvalue weighted by Gasteiger charge is -2.23. The lowest BCUT2D eigenvalue weighted by atomic mass is 9.93. The highest BCUT2D eigenvalue weighted by Crippen LogP contribution is 2.20. The first-order valence-electron chi connectivity index (χ1n) is 5.35. The molecule has 3 heteroatoms. The molecule has 0 saturated heterocycles. The number of para-hydroxylation sites is 1. The molecule has 0 heterocycles. The lowest BCUT2D eigenvalue weighted by Crippen LogP contribution is -2.33. The normalized spacial score (nSPS) is 11.0. The molecule has 88 valence electrons. The van der Waals surface area contributed by atoms with E-state index in [0.29, 0.717) is 6.54 Å². The van der Waals surface area contributed by atoms with Gasteiger partial charge in [0.05, 0.1) is 12.5 Å². The molecule has 1 aromatic rings. The van der Waals surface area contributed by atoms with Gasteiger partial charge < -0.3 is 10.1 Å². The molecule has 0 atom stereocenters. The van der Waals surface area contributed by atoms with Gasteiger partial charge in [-0.05, 0) is 32.4 Å². The number of nitrogens with one attached hydrogen (secondary N) is 1. The Balaban J connectivity index is 2.65. The van der Waals surface area contributed by atoms with E-state index in [4.69, 9.17) is 4.74 Å². The second kappa shape index (κ2) is 5.01. The Bertz CT molecular complexity index is 372. The molecule has 0 radical (unpaired) electrons. The first kappa shape index (κ1) is 12.6. The van der Waals surface area contributed by atoms with Crippen molar-refractivity contribution >= 4 is 11.7 Å². The van der Waals surface area contributed by atoms with E-state index in [1.807, 2.05) is 45.0 Å². The van der Waals surface area contributed by atoms with Crippen LogP contribution in [0.15, 0.2) is 24.3 Å². The van der Waals surface area contributed by atoms with Crippen LogP contribution in [0.1, 0.15) is 19.4 Å². The molecular weight excluding hydrogens is 202 g/mol. The van der Waals surface area contributed by atoms with E-state index in [-0.39, 0.29) is 5.97 Å². The summed E-state index contributed by atoms with van der Waals surface area (Å²) in [5.41, 5.74) is 1.71. The number of anilines is 1. The van der Waals surface area contributed by atoms with Gasteiger partial charge in [-0.25, -0.2) is 0 Å². The highest BCUT2D eigenvalue weighted by Gasteiger charge is 2.28. The minimum atomic E-state index is -0.517. The van der Waals surface area contributed by atoms with Crippen LogP contribution in [0.25, 0.3) is 0 Å². The summed E-state index contributed by atoms with van der Waals surface area (Å²) in [6.45, 7) is 6.33. The SMILES string of the molecule is COC(=O)C(C)(C)CNc1ccccc1C. The van der Waals surface area contributed by atoms with Crippen LogP contribution in [-0.4, -0.2) is 19.6 Å². The number of carbonyl (C=O) groups is 1.